The van der Waals surface area contributed by atoms with E-state index in [1.807, 2.05) is 48.5 Å². The molecule has 11 fully saturated rings. The van der Waals surface area contributed by atoms with Crippen LogP contribution in [-0.4, -0.2) is 381 Å². The first-order valence-corrected chi connectivity index (χ1v) is 47.8. The monoisotopic (exact) mass is 2140 g/mol. The number of benzene rings is 3. The van der Waals surface area contributed by atoms with Gasteiger partial charge in [-0.25, -0.2) is 24.4 Å². The maximum absolute atomic E-state index is 13.0. The van der Waals surface area contributed by atoms with Gasteiger partial charge in [-0.15, -0.1) is 0 Å². The number of ketones is 2. The first-order valence-electron chi connectivity index (χ1n) is 44.3. The van der Waals surface area contributed by atoms with E-state index < -0.39 is 303 Å². The van der Waals surface area contributed by atoms with E-state index in [1.54, 1.807) is 53.7 Å². The van der Waals surface area contributed by atoms with Crippen LogP contribution < -0.4 is 27.7 Å². The predicted molar refractivity (Wildman–Crippen MR) is 489 cm³/mol. The number of aliphatic carboxylic acids is 5. The Morgan fingerprint density at radius 3 is 1.54 bits per heavy atom. The number of ether oxygens (including phenoxy) is 15. The second-order valence-electron chi connectivity index (χ2n) is 35.5. The number of hydrogen-bond acceptors (Lipinski definition) is 48. The Morgan fingerprint density at radius 2 is 1.05 bits per heavy atom. The van der Waals surface area contributed by atoms with Gasteiger partial charge in [-0.1, -0.05) is 83.0 Å². The molecule has 17 rings (SSSR count). The Kier molecular flexibility index (Phi) is 39.0. The van der Waals surface area contributed by atoms with E-state index in [0.717, 1.165) is 27.8 Å². The molecule has 32 atom stereocenters. The molecular formula is C85H104N14O43PS3+. The number of carboxylic acid groups (broad SMARTS) is 5. The molecule has 1 aliphatic carbocycles. The molecule has 23 N–H and O–H groups in total. The SMILES string of the molecule is CC1(C)O[C@H]2O[C@H]([C@@H](N=[N+]=[N-])C(=O)O)[C@H](O)[C@H]2O1.CC1(C)O[C@H]2O[C@H]3[C@H](OC(=O)[C@@H]3N=[N+]=[N-])[C@H]2O1.CC1(C)O[C@H]2O[C@H]3[C@H](OC(=O)[C@H]3O)[C@H]2O1.N[C@@H](C(=O)O)C1O[C@H](O)[C@H](O)[C@H]1O.Nc1nc2ncc(CCc3ccc(C(=O)C[C@@H](CCC(=O)N[C@@H](C(=O)C[C@@H](CS)C(=O)O)C4O[C@H](O)[C@H](O)[C@H]4O)C(=O)O)cc3)nc2c(=O)[nH]1.O=C(N[C@@H](C(=O)O)C1O[C@H](O)[C@H](O)[C@H]1O)OCC1c2ccccc2-c2ccccc21.S=[P+]=S. The van der Waals surface area contributed by atoms with Crippen molar-refractivity contribution in [1.29, 1.82) is 0 Å². The average Bonchev–Trinajstić information content (AvgIpc) is 1.58. The minimum atomic E-state index is -1.89. The topological polar surface area (TPSA) is 895 Å². The molecule has 3 unspecified atom stereocenters. The zero-order valence-corrected chi connectivity index (χ0v) is 80.7. The Balaban J connectivity index is 0.000000179. The van der Waals surface area contributed by atoms with Gasteiger partial charge in [-0.05, 0) is 99.7 Å². The average molecular weight is 2140 g/mol. The molecule has 57 nitrogen and oxygen atoms in total. The Labute approximate surface area is 839 Å². The fourth-order valence-electron chi connectivity index (χ4n) is 17.2. The zero-order valence-electron chi connectivity index (χ0n) is 77.3. The van der Waals surface area contributed by atoms with E-state index in [1.165, 1.54) is 18.3 Å². The van der Waals surface area contributed by atoms with Gasteiger partial charge < -0.3 is 175 Å². The number of rotatable bonds is 28. The number of alkyl carbamates (subject to hydrolysis) is 1. The van der Waals surface area contributed by atoms with E-state index in [4.69, 9.17) is 114 Å². The number of aryl methyl sites for hydroxylation is 2. The normalized spacial score (nSPS) is 31.6. The number of aromatic amines is 1. The summed E-state index contributed by atoms with van der Waals surface area (Å²) in [5.41, 5.74) is 32.7. The Bertz CT molecular complexity index is 5770. The number of aromatic nitrogens is 4. The number of nitrogens with one attached hydrogen (secondary N) is 3. The van der Waals surface area contributed by atoms with Crippen LogP contribution in [0.5, 0.6) is 0 Å². The van der Waals surface area contributed by atoms with Crippen molar-refractivity contribution in [1.82, 2.24) is 30.6 Å². The minimum absolute atomic E-state index is 0.0223. The molecule has 13 heterocycles. The fraction of sp³-hybridized carbons (Fsp3) is 0.588. The summed E-state index contributed by atoms with van der Waals surface area (Å²) < 4.78 is 78.9. The van der Waals surface area contributed by atoms with Crippen LogP contribution in [0.1, 0.15) is 106 Å². The van der Waals surface area contributed by atoms with Crippen molar-refractivity contribution in [3.63, 3.8) is 0 Å². The van der Waals surface area contributed by atoms with Crippen molar-refractivity contribution >= 4 is 125 Å². The van der Waals surface area contributed by atoms with Gasteiger partial charge in [0.25, 0.3) is 5.56 Å². The van der Waals surface area contributed by atoms with Crippen LogP contribution in [0.2, 0.25) is 0 Å². The van der Waals surface area contributed by atoms with Gasteiger partial charge >= 0.3 is 77.6 Å². The third-order valence-electron chi connectivity index (χ3n) is 24.3. The van der Waals surface area contributed by atoms with Gasteiger partial charge in [-0.2, -0.15) is 17.6 Å². The van der Waals surface area contributed by atoms with Crippen molar-refractivity contribution in [2.75, 3.05) is 18.1 Å². The molecule has 0 bridgehead atoms. The molecule has 0 saturated carbocycles. The number of thiol groups is 1. The van der Waals surface area contributed by atoms with Crippen LogP contribution in [0, 0.1) is 11.8 Å². The van der Waals surface area contributed by atoms with E-state index in [0.29, 0.717) is 24.7 Å². The number of aliphatic hydroxyl groups excluding tert-OH is 11. The molecular weight excluding hydrogens is 2030 g/mol. The van der Waals surface area contributed by atoms with Crippen LogP contribution in [-0.2, 0) is 151 Å². The van der Waals surface area contributed by atoms with Crippen LogP contribution in [0.25, 0.3) is 43.2 Å². The second kappa shape index (κ2) is 49.4. The summed E-state index contributed by atoms with van der Waals surface area (Å²) >= 11 is 12.3. The zero-order chi connectivity index (χ0) is 107. The second-order valence-corrected chi connectivity index (χ2v) is 37.8. The number of Topliss-reactive ketones (excluding diaryl/α,β-unsaturated/α-hetero) is 2. The van der Waals surface area contributed by atoms with Gasteiger partial charge in [0.1, 0.15) is 104 Å². The summed E-state index contributed by atoms with van der Waals surface area (Å²) in [5, 5.41) is 162. The van der Waals surface area contributed by atoms with Crippen molar-refractivity contribution < 1.29 is 205 Å². The van der Waals surface area contributed by atoms with Gasteiger partial charge in [0.15, 0.2) is 126 Å². The van der Waals surface area contributed by atoms with Crippen LogP contribution >= 0.6 is 18.8 Å². The van der Waals surface area contributed by atoms with Gasteiger partial charge in [0.05, 0.1) is 23.7 Å². The molecule has 2 aromatic heterocycles. The number of amides is 2. The number of aliphatic hydroxyl groups is 11. The summed E-state index contributed by atoms with van der Waals surface area (Å²) in [5.74, 6) is -15.9. The number of carbonyl (C=O) groups is 11. The number of H-pyrrole nitrogens is 1. The molecule has 11 aliphatic heterocycles. The number of fused-ring (bicyclic) bond motifs is 11. The third kappa shape index (κ3) is 27.3. The number of azide groups is 2. The predicted octanol–water partition coefficient (Wildman–Crippen LogP) is -3.64. The molecule has 61 heteroatoms. The van der Waals surface area contributed by atoms with Crippen molar-refractivity contribution in [2.45, 2.75) is 287 Å². The van der Waals surface area contributed by atoms with Crippen molar-refractivity contribution in [3.05, 3.63) is 138 Å². The van der Waals surface area contributed by atoms with E-state index in [9.17, 15) is 114 Å². The number of anilines is 1. The van der Waals surface area contributed by atoms with Crippen molar-refractivity contribution in [3.8, 4) is 11.1 Å². The third-order valence-corrected chi connectivity index (χ3v) is 24.7. The number of carbonyl (C=O) groups excluding carboxylic acids is 6. The Hall–Kier alpha value is -11.1. The number of hydrogen-bond donors (Lipinski definition) is 22. The molecule has 794 valence electrons. The van der Waals surface area contributed by atoms with Crippen molar-refractivity contribution in [2.24, 2.45) is 27.8 Å². The van der Waals surface area contributed by atoms with Crippen LogP contribution in [0.3, 0.4) is 0 Å². The van der Waals surface area contributed by atoms with Crippen LogP contribution in [0.15, 0.2) is 94.0 Å². The van der Waals surface area contributed by atoms with E-state index >= 15 is 0 Å². The van der Waals surface area contributed by atoms with E-state index in [-0.39, 0.29) is 47.4 Å². The number of esters is 2. The molecule has 3 aromatic carbocycles. The number of nitrogens with two attached hydrogens (primary N) is 2. The van der Waals surface area contributed by atoms with E-state index in [2.05, 4.69) is 91.6 Å². The molecule has 12 aliphatic rings. The Morgan fingerprint density at radius 1 is 0.555 bits per heavy atom. The molecule has 146 heavy (non-hydrogen) atoms. The summed E-state index contributed by atoms with van der Waals surface area (Å²) in [7, 11) is 0. The summed E-state index contributed by atoms with van der Waals surface area (Å²) in [6, 6.07) is 14.6. The number of carboxylic acids is 5. The first kappa shape index (κ1) is 115. The number of nitrogen functional groups attached to an aromatic ring is 1. The standard InChI is InChI=1S/C31H36N6O12S.C21H21NO8.C9H13N3O6.C9H11N3O5.C9H12O6.C6H11NO6.PS2/c32-31-36-26-22(27(43)37-31)34-17(11-33-26)7-3-13-1-4-14(5-2-13)18(38)9-15(28(44)45)6-8-20(40)35-21(19(39)10-16(12-50)29(46)47)25-23(41)24(42)30(48)49-25;23-16-17(24)20(27)30-18(16)15(19(25)26)22-21(28)29-9-14-12-7-3-1-5-10(12)11-6-2-4-8-13(11)14;1-9(2)17-6-4(13)5(16-8(6)18-9)3(7(14)15)11-12-10;1-9(2)16-6-5-4(15-8(6)17-9)3(11-12-10)7(13)14-5;1-9(2)14-6-5-4(13-8(6)15-9)3(10)7(11)12-5;7-1(5(10)11)4-2(8)3(9)6(12)13-4;2-1-3/h1-2,4-5,11,15-16,21,23-25,30,41-42,48,50H,3,6-10,12H2,(H,35,40)(H,44,45)(H,46,47)(H3,32,33,36,37,43);1-8,14-18,20,23-24,27H,9H2,(H,22,28)(H,25,26);3-6,8,13H,1-2H3,(H,14,15);3-6,8H,1-2H3;3-6,8,10H,1-2H3;1-4,6,8-9,12H,7H2,(H,10,11);/q;;;;;;+1/t15-,16+,21+,23-,24-,25?,30+;15-,16-,17-,18?,20+;3-,4+,5-,6-,8-;3-,4-,5+,6-,8-;3-,4+,5-,6+,8+;1-,2-,3-,4?,6+;/m111101./s1. The summed E-state index contributed by atoms with van der Waals surface area (Å²) in [6.07, 6.45) is -29.4. The maximum atomic E-state index is 13.0. The van der Waals surface area contributed by atoms with Gasteiger partial charge in [-0.3, -0.25) is 48.1 Å². The van der Waals surface area contributed by atoms with Gasteiger partial charge in [0.2, 0.25) is 11.9 Å². The molecule has 5 aromatic rings. The van der Waals surface area contributed by atoms with Gasteiger partial charge in [0, 0.05) is 46.3 Å². The van der Waals surface area contributed by atoms with Crippen LogP contribution in [0.4, 0.5) is 10.7 Å². The number of nitrogens with zero attached hydrogens (tertiary/aromatic N) is 9. The summed E-state index contributed by atoms with van der Waals surface area (Å²) in [6.45, 7) is 10.3. The summed E-state index contributed by atoms with van der Waals surface area (Å²) in [4.78, 5) is 162. The molecule has 0 radical (unpaired) electrons. The molecule has 2 amide bonds. The quantitative estimate of drug-likeness (QED) is 0.00336. The molecule has 11 saturated heterocycles. The fourth-order valence-corrected chi connectivity index (χ4v) is 17.5. The first-order chi connectivity index (χ1) is 68.8. The molecule has 0 spiro atoms.